The molecule has 2 aliphatic rings. The topological polar surface area (TPSA) is 105 Å². The number of carbonyl (C=O) groups is 3. The van der Waals surface area contributed by atoms with Gasteiger partial charge in [-0.05, 0) is 31.4 Å². The molecule has 0 radical (unpaired) electrons. The summed E-state index contributed by atoms with van der Waals surface area (Å²) < 4.78 is 10.8. The first-order valence-electron chi connectivity index (χ1n) is 9.53. The van der Waals surface area contributed by atoms with Crippen LogP contribution in [-0.2, 0) is 19.1 Å². The van der Waals surface area contributed by atoms with E-state index in [4.69, 9.17) is 9.47 Å². The molecule has 0 spiro atoms. The molecule has 1 aromatic carbocycles. The van der Waals surface area contributed by atoms with Crippen molar-refractivity contribution in [3.63, 3.8) is 0 Å². The minimum absolute atomic E-state index is 0.204. The molecule has 2 bridgehead atoms. The Bertz CT molecular complexity index is 940. The molecule has 1 aromatic heterocycles. The smallest absolute Gasteiger partial charge is 0.341 e. The van der Waals surface area contributed by atoms with Crippen molar-refractivity contribution in [1.82, 2.24) is 0 Å². The van der Waals surface area contributed by atoms with Gasteiger partial charge >= 0.3 is 5.97 Å². The number of hydrogen-bond acceptors (Lipinski definition) is 7. The van der Waals surface area contributed by atoms with Crippen molar-refractivity contribution in [2.24, 2.45) is 11.8 Å². The number of nitrogens with one attached hydrogen (secondary N) is 1. The van der Waals surface area contributed by atoms with Crippen molar-refractivity contribution in [2.75, 3.05) is 11.9 Å². The number of benzene rings is 1. The third-order valence-electron chi connectivity index (χ3n) is 5.37. The third kappa shape index (κ3) is 3.65. The SMILES string of the molecule is CCOC(=O)c1cc(-c2ccccc2)sc1NC(=O)C1C2CCC(O2)C1C(=O)[O-]. The Balaban J connectivity index is 1.63. The first kappa shape index (κ1) is 19.6. The molecule has 2 saturated heterocycles. The monoisotopic (exact) mass is 414 g/mol. The second-order valence-electron chi connectivity index (χ2n) is 7.09. The largest absolute Gasteiger partial charge is 0.550 e. The van der Waals surface area contributed by atoms with Gasteiger partial charge in [0.25, 0.3) is 0 Å². The lowest BCUT2D eigenvalue weighted by atomic mass is 9.79. The zero-order valence-corrected chi connectivity index (χ0v) is 16.6. The van der Waals surface area contributed by atoms with Crippen LogP contribution in [-0.4, -0.2) is 36.7 Å². The average Bonchev–Trinajstić information content (AvgIpc) is 3.43. The minimum atomic E-state index is -1.28. The van der Waals surface area contributed by atoms with E-state index in [0.717, 1.165) is 10.4 Å². The molecular formula is C21H20NO6S-. The highest BCUT2D eigenvalue weighted by atomic mass is 32.1. The van der Waals surface area contributed by atoms with Crippen LogP contribution >= 0.6 is 11.3 Å². The van der Waals surface area contributed by atoms with Gasteiger partial charge in [-0.25, -0.2) is 4.79 Å². The lowest BCUT2D eigenvalue weighted by Gasteiger charge is -2.27. The van der Waals surface area contributed by atoms with Crippen molar-refractivity contribution >= 4 is 34.2 Å². The van der Waals surface area contributed by atoms with Crippen molar-refractivity contribution in [2.45, 2.75) is 32.0 Å². The predicted molar refractivity (Wildman–Crippen MR) is 104 cm³/mol. The molecule has 2 fully saturated rings. The van der Waals surface area contributed by atoms with Gasteiger partial charge in [0.2, 0.25) is 5.91 Å². The Morgan fingerprint density at radius 2 is 1.86 bits per heavy atom. The number of carbonyl (C=O) groups excluding carboxylic acids is 3. The molecular weight excluding hydrogens is 394 g/mol. The number of rotatable bonds is 6. The molecule has 1 amide bonds. The maximum absolute atomic E-state index is 13.0. The lowest BCUT2D eigenvalue weighted by molar-refractivity contribution is -0.313. The number of aliphatic carboxylic acids is 1. The Hall–Kier alpha value is -2.71. The summed E-state index contributed by atoms with van der Waals surface area (Å²) in [4.78, 5) is 37.7. The molecule has 1 N–H and O–H groups in total. The number of ether oxygens (including phenoxy) is 2. The minimum Gasteiger partial charge on any atom is -0.550 e. The standard InChI is InChI=1S/C21H21NO6S/c1-2-27-21(26)12-10-15(11-6-4-3-5-7-11)29-19(12)22-18(23)16-13-8-9-14(28-13)17(16)20(24)25/h3-7,10,13-14,16-17H,2,8-9H2,1H3,(H,22,23)(H,24,25)/p-1. The fourth-order valence-corrected chi connectivity index (χ4v) is 5.15. The molecule has 4 atom stereocenters. The predicted octanol–water partition coefficient (Wildman–Crippen LogP) is 2.07. The summed E-state index contributed by atoms with van der Waals surface area (Å²) in [5, 5.41) is 14.7. The number of amides is 1. The second-order valence-corrected chi connectivity index (χ2v) is 8.14. The highest BCUT2D eigenvalue weighted by Crippen LogP contribution is 2.44. The summed E-state index contributed by atoms with van der Waals surface area (Å²) in [5.74, 6) is -4.11. The zero-order chi connectivity index (χ0) is 20.5. The van der Waals surface area contributed by atoms with Crippen LogP contribution in [0.4, 0.5) is 5.00 Å². The summed E-state index contributed by atoms with van der Waals surface area (Å²) in [6, 6.07) is 11.1. The highest BCUT2D eigenvalue weighted by molar-refractivity contribution is 7.20. The molecule has 2 aliphatic heterocycles. The highest BCUT2D eigenvalue weighted by Gasteiger charge is 2.53. The van der Waals surface area contributed by atoms with Crippen LogP contribution in [0.3, 0.4) is 0 Å². The first-order chi connectivity index (χ1) is 14.0. The quantitative estimate of drug-likeness (QED) is 0.726. The van der Waals surface area contributed by atoms with Crippen LogP contribution in [0.5, 0.6) is 0 Å². The van der Waals surface area contributed by atoms with Crippen LogP contribution in [0.2, 0.25) is 0 Å². The molecule has 152 valence electrons. The van der Waals surface area contributed by atoms with Crippen molar-refractivity contribution in [1.29, 1.82) is 0 Å². The summed E-state index contributed by atoms with van der Waals surface area (Å²) >= 11 is 1.25. The summed E-state index contributed by atoms with van der Waals surface area (Å²) in [7, 11) is 0. The number of carboxylic acids is 1. The number of thiophene rings is 1. The number of anilines is 1. The van der Waals surface area contributed by atoms with Crippen molar-refractivity contribution in [3.05, 3.63) is 42.0 Å². The van der Waals surface area contributed by atoms with E-state index in [9.17, 15) is 19.5 Å². The molecule has 29 heavy (non-hydrogen) atoms. The zero-order valence-electron chi connectivity index (χ0n) is 15.8. The van der Waals surface area contributed by atoms with Gasteiger partial charge in [0.1, 0.15) is 5.00 Å². The van der Waals surface area contributed by atoms with Gasteiger partial charge in [-0.3, -0.25) is 4.79 Å². The number of fused-ring (bicyclic) bond motifs is 2. The van der Waals surface area contributed by atoms with E-state index in [1.807, 2.05) is 30.3 Å². The molecule has 2 aromatic rings. The van der Waals surface area contributed by atoms with E-state index < -0.39 is 41.9 Å². The summed E-state index contributed by atoms with van der Waals surface area (Å²) in [6.07, 6.45) is 0.311. The molecule has 3 heterocycles. The summed E-state index contributed by atoms with van der Waals surface area (Å²) in [5.41, 5.74) is 1.15. The van der Waals surface area contributed by atoms with Crippen molar-refractivity contribution < 1.29 is 29.0 Å². The van der Waals surface area contributed by atoms with Crippen molar-refractivity contribution in [3.8, 4) is 10.4 Å². The van der Waals surface area contributed by atoms with Gasteiger partial charge in [-0.2, -0.15) is 0 Å². The number of esters is 1. The first-order valence-corrected chi connectivity index (χ1v) is 10.3. The molecule has 7 nitrogen and oxygen atoms in total. The van der Waals surface area contributed by atoms with E-state index in [1.54, 1.807) is 13.0 Å². The van der Waals surface area contributed by atoms with Crippen LogP contribution in [0.1, 0.15) is 30.1 Å². The fraction of sp³-hybridized carbons (Fsp3) is 0.381. The Labute approximate surface area is 171 Å². The van der Waals surface area contributed by atoms with Crippen LogP contribution in [0.15, 0.2) is 36.4 Å². The van der Waals surface area contributed by atoms with Crippen LogP contribution in [0.25, 0.3) is 10.4 Å². The van der Waals surface area contributed by atoms with Crippen LogP contribution < -0.4 is 10.4 Å². The molecule has 4 unspecified atom stereocenters. The van der Waals surface area contributed by atoms with Gasteiger partial charge in [-0.15, -0.1) is 11.3 Å². The Morgan fingerprint density at radius 3 is 2.52 bits per heavy atom. The molecule has 8 heteroatoms. The third-order valence-corrected chi connectivity index (χ3v) is 6.47. The second kappa shape index (κ2) is 7.96. The van der Waals surface area contributed by atoms with Crippen LogP contribution in [0, 0.1) is 11.8 Å². The normalized spacial score (nSPS) is 25.0. The fourth-order valence-electron chi connectivity index (χ4n) is 4.09. The maximum Gasteiger partial charge on any atom is 0.341 e. The number of hydrogen-bond donors (Lipinski definition) is 1. The Morgan fingerprint density at radius 1 is 1.17 bits per heavy atom. The number of carboxylic acid groups (broad SMARTS) is 1. The van der Waals surface area contributed by atoms with E-state index in [0.29, 0.717) is 17.8 Å². The molecule has 0 aliphatic carbocycles. The summed E-state index contributed by atoms with van der Waals surface area (Å²) in [6.45, 7) is 1.91. The van der Waals surface area contributed by atoms with E-state index >= 15 is 0 Å². The van der Waals surface area contributed by atoms with Gasteiger partial charge in [-0.1, -0.05) is 30.3 Å². The van der Waals surface area contributed by atoms with Gasteiger partial charge in [0.15, 0.2) is 0 Å². The van der Waals surface area contributed by atoms with E-state index in [2.05, 4.69) is 5.32 Å². The molecule has 0 saturated carbocycles. The molecule has 4 rings (SSSR count). The van der Waals surface area contributed by atoms with E-state index in [1.165, 1.54) is 11.3 Å². The Kier molecular flexibility index (Phi) is 5.38. The maximum atomic E-state index is 13.0. The van der Waals surface area contributed by atoms with Gasteiger partial charge in [0, 0.05) is 16.8 Å². The van der Waals surface area contributed by atoms with E-state index in [-0.39, 0.29) is 12.2 Å². The lowest BCUT2D eigenvalue weighted by Crippen LogP contribution is -2.46. The average molecular weight is 414 g/mol. The van der Waals surface area contributed by atoms with Gasteiger partial charge in [0.05, 0.1) is 30.3 Å². The van der Waals surface area contributed by atoms with Gasteiger partial charge < -0.3 is 24.7 Å².